The molecule has 0 fully saturated rings. The van der Waals surface area contributed by atoms with Crippen LogP contribution in [0.2, 0.25) is 0 Å². The molecule has 0 heterocycles. The molecule has 0 aliphatic carbocycles. The maximum absolute atomic E-state index is 12.0. The van der Waals surface area contributed by atoms with E-state index in [-0.39, 0.29) is 6.61 Å². The van der Waals surface area contributed by atoms with Gasteiger partial charge in [-0.2, -0.15) is 13.2 Å². The van der Waals surface area contributed by atoms with Gasteiger partial charge in [0.1, 0.15) is 0 Å². The minimum Gasteiger partial charge on any atom is -0.437 e. The number of nitrogens with two attached hydrogens (primary N) is 1. The molecule has 0 aromatic heterocycles. The molecule has 0 aliphatic rings. The molecular weight excluding hydrogens is 191 g/mol. The number of halogens is 3. The van der Waals surface area contributed by atoms with Gasteiger partial charge in [0.15, 0.2) is 0 Å². The van der Waals surface area contributed by atoms with Crippen LogP contribution in [0.1, 0.15) is 6.42 Å². The smallest absolute Gasteiger partial charge is 0.425 e. The number of carbonyl (C=O) groups is 1. The van der Waals surface area contributed by atoms with Crippen molar-refractivity contribution in [2.45, 2.75) is 18.7 Å². The van der Waals surface area contributed by atoms with E-state index in [1.54, 1.807) is 0 Å². The summed E-state index contributed by atoms with van der Waals surface area (Å²) in [5.41, 5.74) is 4.46. The number of ether oxygens (including phenoxy) is 2. The van der Waals surface area contributed by atoms with Crippen molar-refractivity contribution in [3.05, 3.63) is 0 Å². The fourth-order valence-corrected chi connectivity index (χ4v) is 0.655. The van der Waals surface area contributed by atoms with Crippen molar-refractivity contribution in [2.75, 3.05) is 13.7 Å². The third-order valence-electron chi connectivity index (χ3n) is 1.21. The van der Waals surface area contributed by atoms with Crippen LogP contribution < -0.4 is 5.73 Å². The van der Waals surface area contributed by atoms with Gasteiger partial charge in [-0.1, -0.05) is 0 Å². The first-order chi connectivity index (χ1) is 5.88. The second kappa shape index (κ2) is 4.90. The second-order valence-electron chi connectivity index (χ2n) is 2.25. The lowest BCUT2D eigenvalue weighted by Gasteiger charge is -2.18. The number of primary amides is 1. The molecule has 1 unspecified atom stereocenters. The van der Waals surface area contributed by atoms with Crippen LogP contribution in [0.4, 0.5) is 18.0 Å². The van der Waals surface area contributed by atoms with Gasteiger partial charge in [0.2, 0.25) is 6.10 Å². The summed E-state index contributed by atoms with van der Waals surface area (Å²) < 4.78 is 44.3. The number of alkyl halides is 3. The molecule has 1 amide bonds. The summed E-state index contributed by atoms with van der Waals surface area (Å²) in [7, 11) is 1.25. The fraction of sp³-hybridized carbons (Fsp3) is 0.833. The number of hydrogen-bond donors (Lipinski definition) is 1. The fourth-order valence-electron chi connectivity index (χ4n) is 0.655. The van der Waals surface area contributed by atoms with Gasteiger partial charge in [-0.15, -0.1) is 0 Å². The predicted octanol–water partition coefficient (Wildman–Crippen LogP) is 1.05. The first-order valence-electron chi connectivity index (χ1n) is 3.39. The highest BCUT2D eigenvalue weighted by molar-refractivity contribution is 5.64. The van der Waals surface area contributed by atoms with Gasteiger partial charge in [0, 0.05) is 13.5 Å². The van der Waals surface area contributed by atoms with Crippen molar-refractivity contribution in [2.24, 2.45) is 5.73 Å². The molecule has 0 aromatic carbocycles. The largest absolute Gasteiger partial charge is 0.437 e. The quantitative estimate of drug-likeness (QED) is 0.739. The topological polar surface area (TPSA) is 61.6 Å². The van der Waals surface area contributed by atoms with E-state index in [1.165, 1.54) is 7.11 Å². The Hall–Kier alpha value is -0.980. The second-order valence-corrected chi connectivity index (χ2v) is 2.25. The highest BCUT2D eigenvalue weighted by Gasteiger charge is 2.42. The molecule has 0 saturated heterocycles. The number of amides is 1. The van der Waals surface area contributed by atoms with E-state index < -0.39 is 24.8 Å². The molecule has 0 rings (SSSR count). The van der Waals surface area contributed by atoms with E-state index in [0.29, 0.717) is 0 Å². The molecule has 4 nitrogen and oxygen atoms in total. The van der Waals surface area contributed by atoms with Gasteiger partial charge >= 0.3 is 12.3 Å². The van der Waals surface area contributed by atoms with Crippen LogP contribution in [0, 0.1) is 0 Å². The maximum atomic E-state index is 12.0. The Labute approximate surface area is 72.8 Å². The Morgan fingerprint density at radius 1 is 1.54 bits per heavy atom. The van der Waals surface area contributed by atoms with Crippen molar-refractivity contribution in [3.8, 4) is 0 Å². The highest BCUT2D eigenvalue weighted by Crippen LogP contribution is 2.25. The van der Waals surface area contributed by atoms with Crippen molar-refractivity contribution < 1.29 is 27.4 Å². The zero-order valence-corrected chi connectivity index (χ0v) is 6.93. The minimum absolute atomic E-state index is 0.155. The maximum Gasteiger partial charge on any atom is 0.425 e. The first-order valence-corrected chi connectivity index (χ1v) is 3.39. The lowest BCUT2D eigenvalue weighted by atomic mass is 10.2. The summed E-state index contributed by atoms with van der Waals surface area (Å²) in [6, 6.07) is 0. The van der Waals surface area contributed by atoms with Crippen LogP contribution in [0.5, 0.6) is 0 Å². The summed E-state index contributed by atoms with van der Waals surface area (Å²) in [6.07, 6.45) is -8.69. The summed E-state index contributed by atoms with van der Waals surface area (Å²) in [5.74, 6) is 0. The summed E-state index contributed by atoms with van der Waals surface area (Å²) in [4.78, 5) is 10.1. The first kappa shape index (κ1) is 12.0. The van der Waals surface area contributed by atoms with Gasteiger partial charge in [0.05, 0.1) is 6.61 Å². The zero-order valence-electron chi connectivity index (χ0n) is 6.93. The van der Waals surface area contributed by atoms with E-state index in [0.717, 1.165) is 0 Å². The molecule has 1 atom stereocenters. The highest BCUT2D eigenvalue weighted by atomic mass is 19.4. The molecule has 0 bridgehead atoms. The third kappa shape index (κ3) is 5.29. The van der Waals surface area contributed by atoms with Gasteiger partial charge in [0.25, 0.3) is 0 Å². The predicted molar refractivity (Wildman–Crippen MR) is 37.0 cm³/mol. The molecule has 0 aliphatic heterocycles. The third-order valence-corrected chi connectivity index (χ3v) is 1.21. The molecule has 2 N–H and O–H groups in total. The Morgan fingerprint density at radius 2 is 2.08 bits per heavy atom. The number of carbonyl (C=O) groups excluding carboxylic acids is 1. The number of hydrogen-bond acceptors (Lipinski definition) is 3. The van der Waals surface area contributed by atoms with Crippen LogP contribution in [-0.2, 0) is 9.47 Å². The average Bonchev–Trinajstić information content (AvgIpc) is 1.95. The standard InChI is InChI=1S/C6H10F3NO3/c1-12-3-2-4(6(7,8)9)13-5(10)11/h4H,2-3H2,1H3,(H2,10,11). The van der Waals surface area contributed by atoms with Gasteiger partial charge < -0.3 is 15.2 Å². The number of methoxy groups -OCH3 is 1. The summed E-state index contributed by atoms with van der Waals surface area (Å²) >= 11 is 0. The molecule has 0 spiro atoms. The molecular formula is C6H10F3NO3. The van der Waals surface area contributed by atoms with E-state index in [4.69, 9.17) is 0 Å². The van der Waals surface area contributed by atoms with E-state index >= 15 is 0 Å². The monoisotopic (exact) mass is 201 g/mol. The zero-order chi connectivity index (χ0) is 10.5. The van der Waals surface area contributed by atoms with Crippen molar-refractivity contribution >= 4 is 6.09 Å². The molecule has 13 heavy (non-hydrogen) atoms. The molecule has 7 heteroatoms. The van der Waals surface area contributed by atoms with Crippen LogP contribution in [-0.4, -0.2) is 32.1 Å². The number of rotatable bonds is 4. The normalized spacial score (nSPS) is 13.8. The van der Waals surface area contributed by atoms with Crippen LogP contribution in [0.15, 0.2) is 0 Å². The molecule has 0 aromatic rings. The van der Waals surface area contributed by atoms with Crippen LogP contribution in [0.25, 0.3) is 0 Å². The Kier molecular flexibility index (Phi) is 4.53. The van der Waals surface area contributed by atoms with Crippen molar-refractivity contribution in [3.63, 3.8) is 0 Å². The summed E-state index contributed by atoms with van der Waals surface area (Å²) in [6.45, 7) is -0.155. The molecule has 0 saturated carbocycles. The lowest BCUT2D eigenvalue weighted by Crippen LogP contribution is -2.36. The molecule has 78 valence electrons. The van der Waals surface area contributed by atoms with Crippen LogP contribution in [0.3, 0.4) is 0 Å². The lowest BCUT2D eigenvalue weighted by molar-refractivity contribution is -0.206. The van der Waals surface area contributed by atoms with Gasteiger partial charge in [-0.25, -0.2) is 4.79 Å². The SMILES string of the molecule is COCCC(OC(N)=O)C(F)(F)F. The summed E-state index contributed by atoms with van der Waals surface area (Å²) in [5, 5.41) is 0. The Bertz CT molecular complexity index is 171. The minimum atomic E-state index is -4.60. The Balaban J connectivity index is 4.11. The Morgan fingerprint density at radius 3 is 2.38 bits per heavy atom. The van der Waals surface area contributed by atoms with Gasteiger partial charge in [-0.3, -0.25) is 0 Å². The molecule has 0 radical (unpaired) electrons. The van der Waals surface area contributed by atoms with E-state index in [2.05, 4.69) is 15.2 Å². The van der Waals surface area contributed by atoms with Crippen molar-refractivity contribution in [1.29, 1.82) is 0 Å². The van der Waals surface area contributed by atoms with E-state index in [9.17, 15) is 18.0 Å². The van der Waals surface area contributed by atoms with Gasteiger partial charge in [-0.05, 0) is 0 Å². The van der Waals surface area contributed by atoms with Crippen molar-refractivity contribution in [1.82, 2.24) is 0 Å². The van der Waals surface area contributed by atoms with Crippen LogP contribution >= 0.6 is 0 Å². The average molecular weight is 201 g/mol. The van der Waals surface area contributed by atoms with E-state index in [1.807, 2.05) is 0 Å².